The molecule has 0 atom stereocenters. The van der Waals surface area contributed by atoms with Gasteiger partial charge in [0.2, 0.25) is 5.84 Å². The second-order valence-corrected chi connectivity index (χ2v) is 3.83. The van der Waals surface area contributed by atoms with Crippen LogP contribution in [0.4, 0.5) is 10.1 Å². The number of aliphatic hydroxyl groups excluding tert-OH is 1. The Bertz CT molecular complexity index is 617. The minimum atomic E-state index is -0.575. The van der Waals surface area contributed by atoms with Gasteiger partial charge in [0.15, 0.2) is 5.69 Å². The number of amidine groups is 1. The zero-order valence-corrected chi connectivity index (χ0v) is 10.1. The number of halogens is 2. The van der Waals surface area contributed by atoms with Gasteiger partial charge in [-0.05, 0) is 23.4 Å². The third kappa shape index (κ3) is 2.80. The van der Waals surface area contributed by atoms with Crippen molar-refractivity contribution in [2.24, 2.45) is 5.16 Å². The quantitative estimate of drug-likeness (QED) is 0.343. The van der Waals surface area contributed by atoms with Crippen molar-refractivity contribution in [1.82, 2.24) is 10.3 Å². The summed E-state index contributed by atoms with van der Waals surface area (Å²) >= 11 is 5.62. The summed E-state index contributed by atoms with van der Waals surface area (Å²) in [5.74, 6) is -0.693. The molecule has 7 nitrogen and oxygen atoms in total. The fourth-order valence-electron chi connectivity index (χ4n) is 1.33. The molecule has 0 saturated carbocycles. The Labute approximate surface area is 111 Å². The molecule has 0 aliphatic carbocycles. The van der Waals surface area contributed by atoms with Crippen LogP contribution < -0.4 is 5.32 Å². The third-order valence-corrected chi connectivity index (χ3v) is 2.50. The van der Waals surface area contributed by atoms with Crippen molar-refractivity contribution in [2.75, 3.05) is 5.32 Å². The van der Waals surface area contributed by atoms with Crippen LogP contribution in [-0.4, -0.2) is 26.5 Å². The van der Waals surface area contributed by atoms with Crippen LogP contribution in [-0.2, 0) is 6.61 Å². The molecule has 0 amide bonds. The maximum Gasteiger partial charge on any atom is 0.201 e. The predicted molar refractivity (Wildman–Crippen MR) is 63.6 cm³/mol. The van der Waals surface area contributed by atoms with E-state index < -0.39 is 12.4 Å². The van der Waals surface area contributed by atoms with E-state index in [1.165, 1.54) is 12.1 Å². The molecule has 19 heavy (non-hydrogen) atoms. The van der Waals surface area contributed by atoms with Crippen LogP contribution in [0.25, 0.3) is 0 Å². The van der Waals surface area contributed by atoms with Gasteiger partial charge in [-0.1, -0.05) is 21.9 Å². The molecule has 1 aromatic heterocycles. The van der Waals surface area contributed by atoms with Gasteiger partial charge in [-0.15, -0.1) is 0 Å². The van der Waals surface area contributed by atoms with E-state index in [2.05, 4.69) is 25.4 Å². The summed E-state index contributed by atoms with van der Waals surface area (Å²) in [5.41, 5.74) is 0.491. The van der Waals surface area contributed by atoms with Gasteiger partial charge in [-0.25, -0.2) is 9.02 Å². The monoisotopic (exact) mass is 286 g/mol. The summed E-state index contributed by atoms with van der Waals surface area (Å²) in [7, 11) is 0. The maximum atomic E-state index is 13.0. The highest BCUT2D eigenvalue weighted by molar-refractivity contribution is 6.31. The van der Waals surface area contributed by atoms with E-state index in [0.29, 0.717) is 5.69 Å². The highest BCUT2D eigenvalue weighted by atomic mass is 35.5. The van der Waals surface area contributed by atoms with E-state index in [1.54, 1.807) is 0 Å². The Morgan fingerprint density at radius 2 is 2.26 bits per heavy atom. The van der Waals surface area contributed by atoms with Crippen molar-refractivity contribution in [3.63, 3.8) is 0 Å². The first-order valence-corrected chi connectivity index (χ1v) is 5.40. The molecule has 0 unspecified atom stereocenters. The molecule has 3 N–H and O–H groups in total. The molecule has 0 aliphatic heterocycles. The Morgan fingerprint density at radius 3 is 2.89 bits per heavy atom. The van der Waals surface area contributed by atoms with Crippen molar-refractivity contribution in [2.45, 2.75) is 6.61 Å². The van der Waals surface area contributed by atoms with Crippen LogP contribution in [0.2, 0.25) is 5.02 Å². The standard InChI is InChI=1S/C10H8ClFN4O3/c11-6-3-5(1-2-7(6)12)13-10(14-18)9-8(4-17)15-19-16-9/h1-3,17-18H,4H2,(H,13,14). The molecule has 0 spiro atoms. The highest BCUT2D eigenvalue weighted by Gasteiger charge is 2.17. The van der Waals surface area contributed by atoms with Crippen molar-refractivity contribution < 1.29 is 19.3 Å². The first-order chi connectivity index (χ1) is 9.15. The first-order valence-electron chi connectivity index (χ1n) is 5.02. The van der Waals surface area contributed by atoms with Crippen LogP contribution in [0.5, 0.6) is 0 Å². The fourth-order valence-corrected chi connectivity index (χ4v) is 1.51. The number of anilines is 1. The summed E-state index contributed by atoms with van der Waals surface area (Å²) in [5, 5.41) is 30.4. The van der Waals surface area contributed by atoms with Gasteiger partial charge in [0, 0.05) is 5.69 Å². The van der Waals surface area contributed by atoms with Crippen LogP contribution >= 0.6 is 11.6 Å². The summed E-state index contributed by atoms with van der Waals surface area (Å²) in [6, 6.07) is 3.83. The second kappa shape index (κ2) is 5.63. The van der Waals surface area contributed by atoms with Crippen LogP contribution in [0.1, 0.15) is 11.4 Å². The minimum absolute atomic E-state index is 0.0328. The molecule has 9 heteroatoms. The molecule has 1 aromatic carbocycles. The third-order valence-electron chi connectivity index (χ3n) is 2.21. The zero-order chi connectivity index (χ0) is 13.8. The van der Waals surface area contributed by atoms with Gasteiger partial charge in [0.05, 0.1) is 11.6 Å². The number of oxime groups is 1. The largest absolute Gasteiger partial charge is 0.409 e. The molecule has 100 valence electrons. The van der Waals surface area contributed by atoms with Gasteiger partial charge >= 0.3 is 0 Å². The van der Waals surface area contributed by atoms with Gasteiger partial charge in [-0.2, -0.15) is 0 Å². The van der Waals surface area contributed by atoms with Crippen molar-refractivity contribution >= 4 is 23.1 Å². The van der Waals surface area contributed by atoms with E-state index in [4.69, 9.17) is 21.9 Å². The highest BCUT2D eigenvalue weighted by Crippen LogP contribution is 2.20. The summed E-state index contributed by atoms with van der Waals surface area (Å²) in [6.07, 6.45) is 0. The second-order valence-electron chi connectivity index (χ2n) is 3.42. The van der Waals surface area contributed by atoms with Crippen LogP contribution in [0.3, 0.4) is 0 Å². The SMILES string of the molecule is OCc1nonc1C(=NO)Nc1ccc(F)c(Cl)c1. The molecule has 2 rings (SSSR count). The van der Waals surface area contributed by atoms with Crippen LogP contribution in [0.15, 0.2) is 28.0 Å². The summed E-state index contributed by atoms with van der Waals surface area (Å²) in [6.45, 7) is -0.441. The molecule has 0 bridgehead atoms. The molecular weight excluding hydrogens is 279 g/mol. The minimum Gasteiger partial charge on any atom is -0.409 e. The number of aromatic nitrogens is 2. The van der Waals surface area contributed by atoms with E-state index in [1.807, 2.05) is 0 Å². The van der Waals surface area contributed by atoms with E-state index in [-0.39, 0.29) is 22.2 Å². The lowest BCUT2D eigenvalue weighted by Gasteiger charge is -2.06. The van der Waals surface area contributed by atoms with Crippen molar-refractivity contribution in [3.8, 4) is 0 Å². The Kier molecular flexibility index (Phi) is 3.93. The topological polar surface area (TPSA) is 104 Å². The Morgan fingerprint density at radius 1 is 1.47 bits per heavy atom. The lowest BCUT2D eigenvalue weighted by Crippen LogP contribution is -2.16. The predicted octanol–water partition coefficient (Wildman–Crippen LogP) is 1.60. The number of rotatable bonds is 3. The molecular formula is C10H8ClFN4O3. The Hall–Kier alpha value is -2.19. The van der Waals surface area contributed by atoms with Gasteiger partial charge in [-0.3, -0.25) is 0 Å². The van der Waals surface area contributed by atoms with E-state index in [0.717, 1.165) is 6.07 Å². The van der Waals surface area contributed by atoms with Gasteiger partial charge in [0.25, 0.3) is 0 Å². The number of hydrogen-bond donors (Lipinski definition) is 3. The average Bonchev–Trinajstić information content (AvgIpc) is 2.88. The smallest absolute Gasteiger partial charge is 0.201 e. The van der Waals surface area contributed by atoms with Crippen LogP contribution in [0, 0.1) is 5.82 Å². The fraction of sp³-hybridized carbons (Fsp3) is 0.100. The average molecular weight is 287 g/mol. The van der Waals surface area contributed by atoms with E-state index >= 15 is 0 Å². The lowest BCUT2D eigenvalue weighted by atomic mass is 10.2. The molecule has 1 heterocycles. The molecule has 0 aliphatic rings. The summed E-state index contributed by atoms with van der Waals surface area (Å²) in [4.78, 5) is 0. The first kappa shape index (κ1) is 13.2. The normalized spacial score (nSPS) is 11.6. The van der Waals surface area contributed by atoms with Gasteiger partial charge < -0.3 is 15.6 Å². The zero-order valence-electron chi connectivity index (χ0n) is 9.34. The van der Waals surface area contributed by atoms with Crippen molar-refractivity contribution in [1.29, 1.82) is 0 Å². The molecule has 0 saturated heterocycles. The number of nitrogens with one attached hydrogen (secondary N) is 1. The summed E-state index contributed by atoms with van der Waals surface area (Å²) < 4.78 is 17.4. The number of aliphatic hydroxyl groups is 1. The van der Waals surface area contributed by atoms with Gasteiger partial charge in [0.1, 0.15) is 11.5 Å². The number of hydrogen-bond acceptors (Lipinski definition) is 6. The number of benzene rings is 1. The molecule has 2 aromatic rings. The molecule has 0 radical (unpaired) electrons. The van der Waals surface area contributed by atoms with Crippen molar-refractivity contribution in [3.05, 3.63) is 40.4 Å². The number of nitrogens with zero attached hydrogens (tertiary/aromatic N) is 3. The molecule has 0 fully saturated rings. The maximum absolute atomic E-state index is 13.0. The van der Waals surface area contributed by atoms with E-state index in [9.17, 15) is 4.39 Å². The Balaban J connectivity index is 2.27. The lowest BCUT2D eigenvalue weighted by molar-refractivity contribution is 0.254.